The third-order valence-electron chi connectivity index (χ3n) is 4.27. The van der Waals surface area contributed by atoms with Gasteiger partial charge in [0.05, 0.1) is 10.6 Å². The van der Waals surface area contributed by atoms with Crippen LogP contribution in [-0.2, 0) is 14.8 Å². The van der Waals surface area contributed by atoms with Crippen molar-refractivity contribution in [1.82, 2.24) is 0 Å². The van der Waals surface area contributed by atoms with Crippen LogP contribution < -0.4 is 4.31 Å². The Bertz CT molecular complexity index is 895. The lowest BCUT2D eigenvalue weighted by molar-refractivity contribution is -0.137. The van der Waals surface area contributed by atoms with E-state index in [9.17, 15) is 13.2 Å². The minimum absolute atomic E-state index is 0.167. The van der Waals surface area contributed by atoms with Gasteiger partial charge in [0.25, 0.3) is 10.0 Å². The fourth-order valence-corrected chi connectivity index (χ4v) is 5.32. The summed E-state index contributed by atoms with van der Waals surface area (Å²) in [6, 6.07) is 9.05. The Hall–Kier alpha value is -1.60. The number of anilines is 1. The maximum atomic E-state index is 12.8. The maximum absolute atomic E-state index is 12.8. The van der Waals surface area contributed by atoms with Crippen molar-refractivity contribution in [2.75, 3.05) is 10.8 Å². The number of carboxylic acid groups (broad SMARTS) is 1. The zero-order valence-corrected chi connectivity index (χ0v) is 15.4. The normalized spacial score (nSPS) is 15.1. The number of rotatable bonds is 7. The van der Waals surface area contributed by atoms with E-state index >= 15 is 0 Å². The molecule has 0 radical (unpaired) electrons. The Morgan fingerprint density at radius 2 is 1.83 bits per heavy atom. The van der Waals surface area contributed by atoms with Crippen molar-refractivity contribution in [1.29, 1.82) is 0 Å². The van der Waals surface area contributed by atoms with Crippen molar-refractivity contribution in [3.05, 3.63) is 34.8 Å². The summed E-state index contributed by atoms with van der Waals surface area (Å²) in [6.45, 7) is 0.417. The predicted molar refractivity (Wildman–Crippen MR) is 96.9 cm³/mol. The summed E-state index contributed by atoms with van der Waals surface area (Å²) >= 11 is 3.48. The van der Waals surface area contributed by atoms with E-state index in [0.29, 0.717) is 24.3 Å². The molecule has 5 nitrogen and oxygen atoms in total. The fraction of sp³-hybridized carbons (Fsp3) is 0.353. The Morgan fingerprint density at radius 1 is 1.08 bits per heavy atom. The van der Waals surface area contributed by atoms with Crippen molar-refractivity contribution in [3.8, 4) is 0 Å². The lowest BCUT2D eigenvalue weighted by Gasteiger charge is -2.18. The second kappa shape index (κ2) is 6.72. The van der Waals surface area contributed by atoms with Crippen molar-refractivity contribution in [2.45, 2.75) is 37.0 Å². The molecule has 7 heteroatoms. The first-order chi connectivity index (χ1) is 11.4. The molecular weight excluding hydrogens is 394 g/mol. The highest BCUT2D eigenvalue weighted by atomic mass is 79.9. The quantitative estimate of drug-likeness (QED) is 0.694. The molecule has 0 saturated carbocycles. The summed E-state index contributed by atoms with van der Waals surface area (Å²) in [5.41, 5.74) is 0.731. The summed E-state index contributed by atoms with van der Waals surface area (Å²) in [5, 5.41) is 10.3. The second-order valence-corrected chi connectivity index (χ2v) is 8.57. The number of hydrogen-bond donors (Lipinski definition) is 1. The van der Waals surface area contributed by atoms with Crippen LogP contribution in [0.3, 0.4) is 0 Å². The van der Waals surface area contributed by atoms with E-state index in [2.05, 4.69) is 15.9 Å². The van der Waals surface area contributed by atoms with Crippen LogP contribution >= 0.6 is 15.9 Å². The lowest BCUT2D eigenvalue weighted by atomic mass is 10.1. The number of aliphatic carboxylic acids is 1. The number of carboxylic acids is 1. The summed E-state index contributed by atoms with van der Waals surface area (Å²) in [4.78, 5) is 10.9. The molecule has 0 aromatic heterocycles. The molecule has 3 rings (SSSR count). The summed E-state index contributed by atoms with van der Waals surface area (Å²) in [5.74, 6) is -0.787. The van der Waals surface area contributed by atoms with Crippen molar-refractivity contribution >= 4 is 48.4 Å². The van der Waals surface area contributed by atoms with Crippen LogP contribution in [0.2, 0.25) is 0 Å². The lowest BCUT2D eigenvalue weighted by Crippen LogP contribution is -2.28. The molecular formula is C17H18BrNO4S. The smallest absolute Gasteiger partial charge is 0.303 e. The summed E-state index contributed by atoms with van der Waals surface area (Å²) in [7, 11) is -3.50. The van der Waals surface area contributed by atoms with Crippen LogP contribution in [0.25, 0.3) is 10.8 Å². The van der Waals surface area contributed by atoms with Crippen molar-refractivity contribution in [2.24, 2.45) is 0 Å². The monoisotopic (exact) mass is 411 g/mol. The first kappa shape index (κ1) is 17.2. The third kappa shape index (κ3) is 3.02. The molecule has 1 heterocycles. The highest BCUT2D eigenvalue weighted by Crippen LogP contribution is 2.44. The van der Waals surface area contributed by atoms with Gasteiger partial charge in [-0.1, -0.05) is 40.9 Å². The molecule has 24 heavy (non-hydrogen) atoms. The average Bonchev–Trinajstić information content (AvgIpc) is 2.75. The minimum atomic E-state index is -3.50. The predicted octanol–water partition coefficient (Wildman–Crippen LogP) is 4.15. The Kier molecular flexibility index (Phi) is 4.83. The molecule has 2 aromatic rings. The van der Waals surface area contributed by atoms with Crippen molar-refractivity contribution in [3.63, 3.8) is 0 Å². The Labute approximate surface area is 149 Å². The van der Waals surface area contributed by atoms with Crippen LogP contribution in [0.15, 0.2) is 39.7 Å². The van der Waals surface area contributed by atoms with Gasteiger partial charge in [0.2, 0.25) is 0 Å². The number of halogens is 1. The second-order valence-electron chi connectivity index (χ2n) is 5.88. The Balaban J connectivity index is 1.77. The van der Waals surface area contributed by atoms with Gasteiger partial charge in [-0.25, -0.2) is 8.42 Å². The van der Waals surface area contributed by atoms with Gasteiger partial charge in [-0.2, -0.15) is 0 Å². The molecule has 1 N–H and O–H groups in total. The Morgan fingerprint density at radius 3 is 2.58 bits per heavy atom. The van der Waals surface area contributed by atoms with E-state index < -0.39 is 16.0 Å². The molecule has 1 aliphatic rings. The summed E-state index contributed by atoms with van der Waals surface area (Å²) in [6.07, 6.45) is 3.12. The highest BCUT2D eigenvalue weighted by molar-refractivity contribution is 9.10. The van der Waals surface area contributed by atoms with Crippen LogP contribution in [-0.4, -0.2) is 26.0 Å². The number of hydrogen-bond acceptors (Lipinski definition) is 3. The van der Waals surface area contributed by atoms with Crippen LogP contribution in [0.5, 0.6) is 0 Å². The molecule has 0 unspecified atom stereocenters. The molecule has 128 valence electrons. The standard InChI is InChI=1S/C17H18BrNO4S/c18-13-9-10-14-17-12(13)6-5-7-15(17)24(22,23)19(14)11-4-2-1-3-8-16(20)21/h5-7,9-10H,1-4,8,11H2,(H,20,21). The van der Waals surface area contributed by atoms with Gasteiger partial charge in [0.15, 0.2) is 0 Å². The topological polar surface area (TPSA) is 74.7 Å². The molecule has 0 aliphatic carbocycles. The first-order valence-electron chi connectivity index (χ1n) is 7.88. The van der Waals surface area contributed by atoms with E-state index in [1.807, 2.05) is 18.2 Å². The molecule has 0 bridgehead atoms. The molecule has 0 amide bonds. The number of sulfonamides is 1. The highest BCUT2D eigenvalue weighted by Gasteiger charge is 2.35. The third-order valence-corrected chi connectivity index (χ3v) is 6.81. The minimum Gasteiger partial charge on any atom is -0.481 e. The SMILES string of the molecule is O=C(O)CCCCCCN1c2ccc(Br)c3cccc(c23)S1(=O)=O. The largest absolute Gasteiger partial charge is 0.481 e. The van der Waals surface area contributed by atoms with E-state index in [1.165, 1.54) is 4.31 Å². The number of benzene rings is 2. The zero-order valence-electron chi connectivity index (χ0n) is 13.0. The van der Waals surface area contributed by atoms with Crippen molar-refractivity contribution < 1.29 is 18.3 Å². The van der Waals surface area contributed by atoms with E-state index in [-0.39, 0.29) is 6.42 Å². The zero-order chi connectivity index (χ0) is 17.3. The van der Waals surface area contributed by atoms with Gasteiger partial charge in [-0.15, -0.1) is 0 Å². The maximum Gasteiger partial charge on any atom is 0.303 e. The van der Waals surface area contributed by atoms with Gasteiger partial charge in [0.1, 0.15) is 0 Å². The number of carbonyl (C=O) groups is 1. The average molecular weight is 412 g/mol. The first-order valence-corrected chi connectivity index (χ1v) is 10.1. The van der Waals surface area contributed by atoms with Gasteiger partial charge in [-0.05, 0) is 36.4 Å². The molecule has 0 atom stereocenters. The van der Waals surface area contributed by atoms with Gasteiger partial charge >= 0.3 is 5.97 Å². The number of unbranched alkanes of at least 4 members (excludes halogenated alkanes) is 3. The van der Waals surface area contributed by atoms with Gasteiger partial charge in [0, 0.05) is 22.8 Å². The van der Waals surface area contributed by atoms with Gasteiger partial charge < -0.3 is 5.11 Å². The number of nitrogens with zero attached hydrogens (tertiary/aromatic N) is 1. The van der Waals surface area contributed by atoms with Crippen LogP contribution in [0.4, 0.5) is 5.69 Å². The molecule has 0 fully saturated rings. The fourth-order valence-electron chi connectivity index (χ4n) is 3.12. The van der Waals surface area contributed by atoms with E-state index in [0.717, 1.165) is 33.8 Å². The van der Waals surface area contributed by atoms with E-state index in [4.69, 9.17) is 5.11 Å². The molecule has 1 aliphatic heterocycles. The molecule has 0 saturated heterocycles. The molecule has 2 aromatic carbocycles. The summed E-state index contributed by atoms with van der Waals surface area (Å²) < 4.78 is 28.0. The van der Waals surface area contributed by atoms with Gasteiger partial charge in [-0.3, -0.25) is 9.10 Å². The van der Waals surface area contributed by atoms with Crippen LogP contribution in [0, 0.1) is 0 Å². The van der Waals surface area contributed by atoms with E-state index in [1.54, 1.807) is 12.1 Å². The van der Waals surface area contributed by atoms with Crippen LogP contribution in [0.1, 0.15) is 32.1 Å². The molecule has 0 spiro atoms.